The Balaban J connectivity index is 3.11. The Morgan fingerprint density at radius 3 is 2.47 bits per heavy atom. The van der Waals surface area contributed by atoms with Crippen molar-refractivity contribution < 1.29 is 13.2 Å². The molecule has 0 aliphatic rings. The van der Waals surface area contributed by atoms with Gasteiger partial charge in [0.2, 0.25) is 15.9 Å². The SMILES string of the molecule is Cc1cc(N)cc(S(=O)(=O)NC(C)CC(N)=O)c1C. The summed E-state index contributed by atoms with van der Waals surface area (Å²) in [5.74, 6) is -0.560. The molecule has 1 unspecified atom stereocenters. The van der Waals surface area contributed by atoms with Crippen LogP contribution in [0, 0.1) is 13.8 Å². The number of nitrogen functional groups attached to an aromatic ring is 1. The first-order valence-electron chi connectivity index (χ1n) is 5.81. The number of hydrogen-bond acceptors (Lipinski definition) is 4. The minimum Gasteiger partial charge on any atom is -0.399 e. The van der Waals surface area contributed by atoms with Gasteiger partial charge in [0.05, 0.1) is 4.90 Å². The van der Waals surface area contributed by atoms with E-state index in [-0.39, 0.29) is 11.3 Å². The maximum absolute atomic E-state index is 12.2. The van der Waals surface area contributed by atoms with Crippen LogP contribution in [0.25, 0.3) is 0 Å². The molecule has 7 heteroatoms. The molecule has 0 aromatic heterocycles. The Hall–Kier alpha value is -1.60. The lowest BCUT2D eigenvalue weighted by molar-refractivity contribution is -0.118. The molecule has 6 nitrogen and oxygen atoms in total. The maximum Gasteiger partial charge on any atom is 0.241 e. The minimum absolute atomic E-state index is 0.0560. The lowest BCUT2D eigenvalue weighted by Crippen LogP contribution is -2.36. The fourth-order valence-corrected chi connectivity index (χ4v) is 3.40. The van der Waals surface area contributed by atoms with Crippen molar-refractivity contribution in [3.8, 4) is 0 Å². The molecular weight excluding hydrogens is 266 g/mol. The van der Waals surface area contributed by atoms with Crippen LogP contribution in [-0.4, -0.2) is 20.4 Å². The summed E-state index contributed by atoms with van der Waals surface area (Å²) in [6.07, 6.45) is -0.0560. The van der Waals surface area contributed by atoms with Gasteiger partial charge in [0.1, 0.15) is 0 Å². The third-order valence-corrected chi connectivity index (χ3v) is 4.51. The lowest BCUT2D eigenvalue weighted by atomic mass is 10.1. The average molecular weight is 285 g/mol. The molecule has 0 spiro atoms. The highest BCUT2D eigenvalue weighted by molar-refractivity contribution is 7.89. The van der Waals surface area contributed by atoms with Crippen molar-refractivity contribution in [1.29, 1.82) is 0 Å². The van der Waals surface area contributed by atoms with E-state index in [4.69, 9.17) is 11.5 Å². The highest BCUT2D eigenvalue weighted by Crippen LogP contribution is 2.22. The first kappa shape index (κ1) is 15.5. The second kappa shape index (κ2) is 5.58. The van der Waals surface area contributed by atoms with Crippen molar-refractivity contribution in [3.05, 3.63) is 23.3 Å². The number of nitrogens with two attached hydrogens (primary N) is 2. The summed E-state index contributed by atoms with van der Waals surface area (Å²) in [7, 11) is -3.72. The van der Waals surface area contributed by atoms with Crippen molar-refractivity contribution in [1.82, 2.24) is 4.72 Å². The van der Waals surface area contributed by atoms with Crippen molar-refractivity contribution in [3.63, 3.8) is 0 Å². The number of benzene rings is 1. The molecule has 0 fully saturated rings. The van der Waals surface area contributed by atoms with Crippen LogP contribution in [0.3, 0.4) is 0 Å². The Morgan fingerprint density at radius 1 is 1.37 bits per heavy atom. The van der Waals surface area contributed by atoms with Gasteiger partial charge in [-0.1, -0.05) is 0 Å². The number of nitrogens with one attached hydrogen (secondary N) is 1. The monoisotopic (exact) mass is 285 g/mol. The predicted molar refractivity (Wildman–Crippen MR) is 73.9 cm³/mol. The van der Waals surface area contributed by atoms with Crippen LogP contribution < -0.4 is 16.2 Å². The van der Waals surface area contributed by atoms with Crippen molar-refractivity contribution in [2.75, 3.05) is 5.73 Å². The Kier molecular flexibility index (Phi) is 4.54. The molecule has 0 saturated heterocycles. The summed E-state index contributed by atoms with van der Waals surface area (Å²) in [5.41, 5.74) is 12.5. The first-order valence-corrected chi connectivity index (χ1v) is 7.29. The highest BCUT2D eigenvalue weighted by Gasteiger charge is 2.21. The number of sulfonamides is 1. The van der Waals surface area contributed by atoms with Crippen LogP contribution in [0.4, 0.5) is 5.69 Å². The first-order chi connectivity index (χ1) is 8.63. The molecule has 1 aromatic carbocycles. The number of hydrogen-bond donors (Lipinski definition) is 3. The van der Waals surface area contributed by atoms with Gasteiger partial charge in [-0.2, -0.15) is 0 Å². The maximum atomic E-state index is 12.2. The van der Waals surface area contributed by atoms with Gasteiger partial charge >= 0.3 is 0 Å². The number of carbonyl (C=O) groups excluding carboxylic acids is 1. The summed E-state index contributed by atoms with van der Waals surface area (Å²) in [4.78, 5) is 10.9. The van der Waals surface area contributed by atoms with E-state index < -0.39 is 22.0 Å². The number of primary amides is 1. The van der Waals surface area contributed by atoms with Crippen LogP contribution in [0.5, 0.6) is 0 Å². The molecule has 1 rings (SSSR count). The van der Waals surface area contributed by atoms with Crippen molar-refractivity contribution >= 4 is 21.6 Å². The van der Waals surface area contributed by atoms with Crippen molar-refractivity contribution in [2.45, 2.75) is 38.1 Å². The van der Waals surface area contributed by atoms with E-state index in [2.05, 4.69) is 4.72 Å². The molecule has 1 atom stereocenters. The molecule has 0 bridgehead atoms. The van der Waals surface area contributed by atoms with E-state index >= 15 is 0 Å². The smallest absolute Gasteiger partial charge is 0.241 e. The summed E-state index contributed by atoms with van der Waals surface area (Å²) < 4.78 is 26.9. The number of carbonyl (C=O) groups is 1. The van der Waals surface area contributed by atoms with Crippen LogP contribution in [-0.2, 0) is 14.8 Å². The minimum atomic E-state index is -3.72. The van der Waals surface area contributed by atoms with E-state index in [1.165, 1.54) is 6.07 Å². The zero-order valence-corrected chi connectivity index (χ0v) is 12.0. The fourth-order valence-electron chi connectivity index (χ4n) is 1.80. The van der Waals surface area contributed by atoms with Crippen LogP contribution in [0.1, 0.15) is 24.5 Å². The molecule has 0 aliphatic carbocycles. The summed E-state index contributed by atoms with van der Waals surface area (Å²) in [6, 6.07) is 2.55. The van der Waals surface area contributed by atoms with Crippen LogP contribution in [0.2, 0.25) is 0 Å². The number of amides is 1. The normalized spacial score (nSPS) is 13.2. The van der Waals surface area contributed by atoms with E-state index in [0.29, 0.717) is 11.3 Å². The van der Waals surface area contributed by atoms with Gasteiger partial charge in [-0.25, -0.2) is 13.1 Å². The van der Waals surface area contributed by atoms with Gasteiger partial charge < -0.3 is 11.5 Å². The summed E-state index contributed by atoms with van der Waals surface area (Å²) in [5, 5.41) is 0. The lowest BCUT2D eigenvalue weighted by Gasteiger charge is -2.15. The molecule has 0 radical (unpaired) electrons. The van der Waals surface area contributed by atoms with E-state index in [0.717, 1.165) is 5.56 Å². The Morgan fingerprint density at radius 2 is 1.95 bits per heavy atom. The molecule has 1 amide bonds. The standard InChI is InChI=1S/C12H19N3O3S/c1-7-4-10(13)6-11(9(7)3)19(17,18)15-8(2)5-12(14)16/h4,6,8,15H,5,13H2,1-3H3,(H2,14,16). The number of anilines is 1. The van der Waals surface area contributed by atoms with E-state index in [1.54, 1.807) is 26.8 Å². The molecule has 0 aliphatic heterocycles. The molecule has 1 aromatic rings. The van der Waals surface area contributed by atoms with Gasteiger partial charge in [-0.3, -0.25) is 4.79 Å². The largest absolute Gasteiger partial charge is 0.399 e. The molecule has 19 heavy (non-hydrogen) atoms. The molecule has 106 valence electrons. The third kappa shape index (κ3) is 3.93. The van der Waals surface area contributed by atoms with E-state index in [1.807, 2.05) is 0 Å². The molecule has 0 saturated carbocycles. The zero-order valence-electron chi connectivity index (χ0n) is 11.2. The summed E-state index contributed by atoms with van der Waals surface area (Å²) in [6.45, 7) is 5.08. The van der Waals surface area contributed by atoms with Crippen LogP contribution in [0.15, 0.2) is 17.0 Å². The topological polar surface area (TPSA) is 115 Å². The molecule has 5 N–H and O–H groups in total. The van der Waals surface area contributed by atoms with Crippen LogP contribution >= 0.6 is 0 Å². The van der Waals surface area contributed by atoms with Gasteiger partial charge in [0.25, 0.3) is 0 Å². The Bertz CT molecular complexity index is 596. The highest BCUT2D eigenvalue weighted by atomic mass is 32.2. The van der Waals surface area contributed by atoms with Gasteiger partial charge in [-0.05, 0) is 44.0 Å². The molecular formula is C12H19N3O3S. The van der Waals surface area contributed by atoms with Crippen molar-refractivity contribution in [2.24, 2.45) is 5.73 Å². The second-order valence-corrected chi connectivity index (χ2v) is 6.34. The van der Waals surface area contributed by atoms with Gasteiger partial charge in [0, 0.05) is 18.2 Å². The Labute approximate surface area is 113 Å². The zero-order chi connectivity index (χ0) is 14.8. The van der Waals surface area contributed by atoms with Gasteiger partial charge in [-0.15, -0.1) is 0 Å². The number of rotatable bonds is 5. The number of aryl methyl sites for hydroxylation is 1. The summed E-state index contributed by atoms with van der Waals surface area (Å²) >= 11 is 0. The second-order valence-electron chi connectivity index (χ2n) is 4.65. The molecule has 0 heterocycles. The quantitative estimate of drug-likeness (QED) is 0.680. The average Bonchev–Trinajstić information content (AvgIpc) is 2.20. The third-order valence-electron chi connectivity index (χ3n) is 2.80. The predicted octanol–water partition coefficient (Wildman–Crippen LogP) is 0.428. The van der Waals surface area contributed by atoms with E-state index in [9.17, 15) is 13.2 Å². The fraction of sp³-hybridized carbons (Fsp3) is 0.417. The van der Waals surface area contributed by atoms with Gasteiger partial charge in [0.15, 0.2) is 0 Å².